The highest BCUT2D eigenvalue weighted by atomic mass is 32.2. The minimum atomic E-state index is -3.42. The summed E-state index contributed by atoms with van der Waals surface area (Å²) in [6.07, 6.45) is 5.27. The minimum Gasteiger partial charge on any atom is -0.481 e. The van der Waals surface area contributed by atoms with Crippen molar-refractivity contribution in [3.05, 3.63) is 30.9 Å². The van der Waals surface area contributed by atoms with E-state index < -0.39 is 10.1 Å². The first-order valence-corrected chi connectivity index (χ1v) is 8.12. The fourth-order valence-electron chi connectivity index (χ4n) is 1.76. The number of aromatic nitrogens is 4. The summed E-state index contributed by atoms with van der Waals surface area (Å²) in [7, 11) is -0.723. The molecule has 0 N–H and O–H groups in total. The molecule has 2 aromatic rings. The summed E-state index contributed by atoms with van der Waals surface area (Å²) in [5.41, 5.74) is 1.52. The molecule has 22 heavy (non-hydrogen) atoms. The van der Waals surface area contributed by atoms with E-state index in [4.69, 9.17) is 4.74 Å². The highest BCUT2D eigenvalue weighted by molar-refractivity contribution is 7.86. The maximum Gasteiger partial charge on any atom is 0.267 e. The lowest BCUT2D eigenvalue weighted by molar-refractivity contribution is -0.753. The van der Waals surface area contributed by atoms with Crippen molar-refractivity contribution in [2.24, 2.45) is 0 Å². The number of rotatable bonds is 7. The van der Waals surface area contributed by atoms with Crippen LogP contribution in [0.25, 0.3) is 11.3 Å². The molecule has 0 aliphatic heterocycles. The van der Waals surface area contributed by atoms with Gasteiger partial charge in [-0.05, 0) is 5.10 Å². The molecule has 9 heteroatoms. The van der Waals surface area contributed by atoms with Crippen LogP contribution < -0.4 is 9.42 Å². The Bertz CT molecular complexity index is 719. The van der Waals surface area contributed by atoms with Gasteiger partial charge in [0.2, 0.25) is 5.88 Å². The smallest absolute Gasteiger partial charge is 0.267 e. The highest BCUT2D eigenvalue weighted by Crippen LogP contribution is 2.17. The van der Waals surface area contributed by atoms with Crippen LogP contribution >= 0.6 is 0 Å². The second-order valence-electron chi connectivity index (χ2n) is 4.41. The summed E-state index contributed by atoms with van der Waals surface area (Å²) < 4.78 is 33.5. The zero-order valence-electron chi connectivity index (χ0n) is 12.3. The van der Waals surface area contributed by atoms with Gasteiger partial charge in [-0.1, -0.05) is 4.68 Å². The van der Waals surface area contributed by atoms with Crippen LogP contribution in [0.15, 0.2) is 30.9 Å². The summed E-state index contributed by atoms with van der Waals surface area (Å²) in [5, 5.41) is 4.24. The standard InChI is InChI=1S/C13H17N4O4S/c1-20-13-8-12(14-10-15-13)11-4-6-17(16-9-11)5-3-7-22(18,19)21-2/h4,6,8-10H,3,5,7H2,1-2H3/q+1. The predicted molar refractivity (Wildman–Crippen MR) is 77.4 cm³/mol. The molecule has 0 unspecified atom stereocenters. The number of ether oxygens (including phenoxy) is 1. The van der Waals surface area contributed by atoms with Gasteiger partial charge in [0.25, 0.3) is 10.1 Å². The molecular formula is C13H17N4O4S+. The Kier molecular flexibility index (Phi) is 5.34. The number of hydrogen-bond acceptors (Lipinski definition) is 7. The van der Waals surface area contributed by atoms with Crippen molar-refractivity contribution in [3.8, 4) is 17.1 Å². The molecule has 0 fully saturated rings. The van der Waals surface area contributed by atoms with Crippen LogP contribution in [-0.2, 0) is 20.8 Å². The van der Waals surface area contributed by atoms with Crippen LogP contribution in [0.2, 0.25) is 0 Å². The Labute approximate surface area is 128 Å². The van der Waals surface area contributed by atoms with Crippen molar-refractivity contribution in [3.63, 3.8) is 0 Å². The third-order valence-corrected chi connectivity index (χ3v) is 4.25. The van der Waals surface area contributed by atoms with Gasteiger partial charge in [0, 0.05) is 24.1 Å². The first kappa shape index (κ1) is 16.2. The van der Waals surface area contributed by atoms with Crippen LogP contribution in [0.4, 0.5) is 0 Å². The molecule has 0 saturated carbocycles. The quantitative estimate of drug-likeness (QED) is 0.530. The topological polar surface area (TPSA) is 95.2 Å². The van der Waals surface area contributed by atoms with Crippen molar-refractivity contribution in [2.45, 2.75) is 13.0 Å². The summed E-state index contributed by atoms with van der Waals surface area (Å²) in [6, 6.07) is 3.56. The molecule has 0 aliphatic carbocycles. The van der Waals surface area contributed by atoms with Gasteiger partial charge in [-0.25, -0.2) is 9.97 Å². The Morgan fingerprint density at radius 3 is 2.73 bits per heavy atom. The van der Waals surface area contributed by atoms with Crippen molar-refractivity contribution >= 4 is 10.1 Å². The number of aryl methyl sites for hydroxylation is 1. The average molecular weight is 325 g/mol. The first-order chi connectivity index (χ1) is 10.5. The predicted octanol–water partition coefficient (Wildman–Crippen LogP) is 0.201. The Balaban J connectivity index is 2.01. The van der Waals surface area contributed by atoms with E-state index >= 15 is 0 Å². The summed E-state index contributed by atoms with van der Waals surface area (Å²) in [6.45, 7) is 0.482. The number of hydrogen-bond donors (Lipinski definition) is 0. The molecule has 0 spiro atoms. The fourth-order valence-corrected chi connectivity index (χ4v) is 2.41. The van der Waals surface area contributed by atoms with Crippen molar-refractivity contribution in [2.75, 3.05) is 20.0 Å². The molecule has 2 rings (SSSR count). The van der Waals surface area contributed by atoms with E-state index in [0.29, 0.717) is 24.5 Å². The van der Waals surface area contributed by atoms with Crippen LogP contribution in [0.1, 0.15) is 6.42 Å². The largest absolute Gasteiger partial charge is 0.481 e. The van der Waals surface area contributed by atoms with Gasteiger partial charge < -0.3 is 4.74 Å². The molecule has 0 atom stereocenters. The Morgan fingerprint density at radius 1 is 1.27 bits per heavy atom. The molecule has 0 radical (unpaired) electrons. The molecule has 0 bridgehead atoms. The zero-order valence-corrected chi connectivity index (χ0v) is 13.2. The average Bonchev–Trinajstić information content (AvgIpc) is 2.55. The monoisotopic (exact) mass is 325 g/mol. The van der Waals surface area contributed by atoms with E-state index in [1.807, 2.05) is 6.07 Å². The highest BCUT2D eigenvalue weighted by Gasteiger charge is 2.12. The zero-order chi connectivity index (χ0) is 16.0. The minimum absolute atomic E-state index is 0.0387. The molecule has 118 valence electrons. The lowest BCUT2D eigenvalue weighted by atomic mass is 10.2. The Hall–Kier alpha value is -2.13. The van der Waals surface area contributed by atoms with Crippen molar-refractivity contribution in [1.29, 1.82) is 0 Å². The first-order valence-electron chi connectivity index (χ1n) is 6.54. The van der Waals surface area contributed by atoms with Crippen molar-refractivity contribution in [1.82, 2.24) is 15.1 Å². The molecule has 0 amide bonds. The van der Waals surface area contributed by atoms with Crippen LogP contribution in [-0.4, -0.2) is 43.5 Å². The van der Waals surface area contributed by atoms with E-state index in [-0.39, 0.29) is 5.75 Å². The fraction of sp³-hybridized carbons (Fsp3) is 0.385. The molecule has 0 saturated heterocycles. The Morgan fingerprint density at radius 2 is 2.09 bits per heavy atom. The third kappa shape index (κ3) is 4.43. The molecular weight excluding hydrogens is 308 g/mol. The van der Waals surface area contributed by atoms with Gasteiger partial charge in [-0.3, -0.25) is 4.18 Å². The summed E-state index contributed by atoms with van der Waals surface area (Å²) in [4.78, 5) is 8.10. The maximum atomic E-state index is 11.2. The number of methoxy groups -OCH3 is 1. The van der Waals surface area contributed by atoms with Crippen LogP contribution in [0.3, 0.4) is 0 Å². The van der Waals surface area contributed by atoms with Gasteiger partial charge in [0.1, 0.15) is 12.5 Å². The summed E-state index contributed by atoms with van der Waals surface area (Å²) >= 11 is 0. The third-order valence-electron chi connectivity index (χ3n) is 2.95. The second kappa shape index (κ2) is 7.23. The molecule has 2 heterocycles. The molecule has 8 nitrogen and oxygen atoms in total. The van der Waals surface area contributed by atoms with Gasteiger partial charge >= 0.3 is 0 Å². The normalized spacial score (nSPS) is 11.4. The van der Waals surface area contributed by atoms with Gasteiger partial charge in [-0.15, -0.1) is 0 Å². The summed E-state index contributed by atoms with van der Waals surface area (Å²) in [5.74, 6) is 0.440. The maximum absolute atomic E-state index is 11.2. The van der Waals surface area contributed by atoms with Crippen LogP contribution in [0, 0.1) is 0 Å². The van der Waals surface area contributed by atoms with Gasteiger partial charge in [-0.2, -0.15) is 8.42 Å². The van der Waals surface area contributed by atoms with Crippen LogP contribution in [0.5, 0.6) is 5.88 Å². The number of nitrogens with zero attached hydrogens (tertiary/aromatic N) is 4. The molecule has 2 aromatic heterocycles. The molecule has 0 aliphatic rings. The van der Waals surface area contributed by atoms with Crippen molar-refractivity contribution < 1.29 is 22.0 Å². The molecule has 0 aromatic carbocycles. The lowest BCUT2D eigenvalue weighted by Crippen LogP contribution is -2.38. The van der Waals surface area contributed by atoms with E-state index in [2.05, 4.69) is 19.2 Å². The SMILES string of the molecule is COc1cc(-c2cc[n+](CCCS(=O)(=O)OC)nc2)ncn1. The second-order valence-corrected chi connectivity index (χ2v) is 6.26. The lowest BCUT2D eigenvalue weighted by Gasteiger charge is -2.02. The van der Waals surface area contributed by atoms with E-state index in [0.717, 1.165) is 12.7 Å². The van der Waals surface area contributed by atoms with Gasteiger partial charge in [0.05, 0.1) is 25.7 Å². The van der Waals surface area contributed by atoms with E-state index in [9.17, 15) is 8.42 Å². The van der Waals surface area contributed by atoms with Gasteiger partial charge in [0.15, 0.2) is 12.7 Å². The van der Waals surface area contributed by atoms with E-state index in [1.165, 1.54) is 13.4 Å². The van der Waals surface area contributed by atoms with E-state index in [1.54, 1.807) is 23.1 Å².